The van der Waals surface area contributed by atoms with Crippen LogP contribution in [0.2, 0.25) is 0 Å². The molecule has 5 heteroatoms. The maximum atomic E-state index is 5.83. The van der Waals surface area contributed by atoms with Crippen molar-refractivity contribution in [1.82, 2.24) is 15.0 Å². The summed E-state index contributed by atoms with van der Waals surface area (Å²) in [5, 5.41) is 0. The minimum absolute atomic E-state index is 0.444. The van der Waals surface area contributed by atoms with E-state index in [1.807, 2.05) is 31.2 Å². The molecule has 0 aliphatic carbocycles. The van der Waals surface area contributed by atoms with Gasteiger partial charge < -0.3 is 11.5 Å². The van der Waals surface area contributed by atoms with Crippen LogP contribution < -0.4 is 11.5 Å². The molecule has 104 valence electrons. The number of nitrogens with zero attached hydrogens (tertiary/aromatic N) is 3. The van der Waals surface area contributed by atoms with Crippen LogP contribution in [0.1, 0.15) is 5.56 Å². The standard InChI is InChI=1S/C16H15N5/c1-10-4-6-19-13(8-10)12-2-3-14(17)21-16(12)11-5-7-20-15(18)9-11/h2-9H,1H3,(H2,17,21)(H2,18,20). The highest BCUT2D eigenvalue weighted by atomic mass is 14.9. The molecule has 0 fully saturated rings. The molecule has 4 N–H and O–H groups in total. The lowest BCUT2D eigenvalue weighted by Gasteiger charge is -2.10. The minimum atomic E-state index is 0.444. The molecule has 0 unspecified atom stereocenters. The van der Waals surface area contributed by atoms with Gasteiger partial charge in [0.1, 0.15) is 11.6 Å². The highest BCUT2D eigenvalue weighted by molar-refractivity contribution is 5.80. The molecule has 0 saturated carbocycles. The van der Waals surface area contributed by atoms with Gasteiger partial charge in [-0.05, 0) is 48.9 Å². The van der Waals surface area contributed by atoms with Crippen LogP contribution in [0.5, 0.6) is 0 Å². The number of anilines is 2. The van der Waals surface area contributed by atoms with E-state index in [9.17, 15) is 0 Å². The number of aromatic nitrogens is 3. The van der Waals surface area contributed by atoms with Crippen LogP contribution >= 0.6 is 0 Å². The van der Waals surface area contributed by atoms with E-state index in [-0.39, 0.29) is 0 Å². The Bertz CT molecular complexity index is 798. The van der Waals surface area contributed by atoms with Crippen molar-refractivity contribution in [3.05, 3.63) is 54.4 Å². The van der Waals surface area contributed by atoms with Gasteiger partial charge in [0.05, 0.1) is 11.4 Å². The minimum Gasteiger partial charge on any atom is -0.384 e. The van der Waals surface area contributed by atoms with E-state index >= 15 is 0 Å². The van der Waals surface area contributed by atoms with Crippen molar-refractivity contribution >= 4 is 11.6 Å². The molecule has 3 aromatic heterocycles. The lowest BCUT2D eigenvalue weighted by molar-refractivity contribution is 1.25. The summed E-state index contributed by atoms with van der Waals surface area (Å²) in [6.45, 7) is 2.03. The highest BCUT2D eigenvalue weighted by Gasteiger charge is 2.11. The summed E-state index contributed by atoms with van der Waals surface area (Å²) in [7, 11) is 0. The van der Waals surface area contributed by atoms with Crippen LogP contribution in [0.4, 0.5) is 11.6 Å². The molecule has 0 aliphatic rings. The molecule has 0 bridgehead atoms. The molecule has 0 amide bonds. The lowest BCUT2D eigenvalue weighted by Crippen LogP contribution is -1.98. The second-order valence-electron chi connectivity index (χ2n) is 4.82. The largest absolute Gasteiger partial charge is 0.384 e. The van der Waals surface area contributed by atoms with Gasteiger partial charge >= 0.3 is 0 Å². The van der Waals surface area contributed by atoms with E-state index in [2.05, 4.69) is 15.0 Å². The summed E-state index contributed by atoms with van der Waals surface area (Å²) in [5.74, 6) is 0.900. The summed E-state index contributed by atoms with van der Waals surface area (Å²) in [5.41, 5.74) is 16.1. The van der Waals surface area contributed by atoms with Gasteiger partial charge in [-0.3, -0.25) is 4.98 Å². The van der Waals surface area contributed by atoms with E-state index < -0.39 is 0 Å². The first-order chi connectivity index (χ1) is 10.1. The van der Waals surface area contributed by atoms with Crippen molar-refractivity contribution in [2.45, 2.75) is 6.92 Å². The Balaban J connectivity index is 2.22. The van der Waals surface area contributed by atoms with Crippen LogP contribution in [0, 0.1) is 6.92 Å². The normalized spacial score (nSPS) is 10.5. The number of hydrogen-bond donors (Lipinski definition) is 2. The van der Waals surface area contributed by atoms with Crippen molar-refractivity contribution in [1.29, 1.82) is 0 Å². The third-order valence-corrected chi connectivity index (χ3v) is 3.16. The van der Waals surface area contributed by atoms with Crippen molar-refractivity contribution < 1.29 is 0 Å². The quantitative estimate of drug-likeness (QED) is 0.751. The molecule has 0 radical (unpaired) electrons. The van der Waals surface area contributed by atoms with E-state index in [0.29, 0.717) is 11.6 Å². The van der Waals surface area contributed by atoms with Gasteiger partial charge in [0.25, 0.3) is 0 Å². The summed E-state index contributed by atoms with van der Waals surface area (Å²) in [4.78, 5) is 12.9. The third-order valence-electron chi connectivity index (χ3n) is 3.16. The molecular weight excluding hydrogens is 262 g/mol. The Labute approximate surface area is 122 Å². The monoisotopic (exact) mass is 277 g/mol. The average molecular weight is 277 g/mol. The van der Waals surface area contributed by atoms with Gasteiger partial charge in [0.2, 0.25) is 0 Å². The van der Waals surface area contributed by atoms with Crippen LogP contribution in [0.25, 0.3) is 22.5 Å². The second kappa shape index (κ2) is 5.20. The van der Waals surface area contributed by atoms with Gasteiger partial charge in [-0.1, -0.05) is 0 Å². The fourth-order valence-electron chi connectivity index (χ4n) is 2.18. The maximum Gasteiger partial charge on any atom is 0.124 e. The van der Waals surface area contributed by atoms with E-state index in [1.165, 1.54) is 0 Å². The van der Waals surface area contributed by atoms with Crippen molar-refractivity contribution in [3.8, 4) is 22.5 Å². The summed E-state index contributed by atoms with van der Waals surface area (Å²) < 4.78 is 0. The molecule has 3 heterocycles. The zero-order chi connectivity index (χ0) is 14.8. The summed E-state index contributed by atoms with van der Waals surface area (Å²) >= 11 is 0. The number of rotatable bonds is 2. The van der Waals surface area contributed by atoms with E-state index in [0.717, 1.165) is 28.1 Å². The zero-order valence-corrected chi connectivity index (χ0v) is 11.6. The molecule has 0 spiro atoms. The van der Waals surface area contributed by atoms with Gasteiger partial charge in [-0.2, -0.15) is 0 Å². The lowest BCUT2D eigenvalue weighted by atomic mass is 10.0. The third kappa shape index (κ3) is 2.67. The summed E-state index contributed by atoms with van der Waals surface area (Å²) in [6.07, 6.45) is 3.44. The maximum absolute atomic E-state index is 5.83. The fourth-order valence-corrected chi connectivity index (χ4v) is 2.18. The van der Waals surface area contributed by atoms with E-state index in [1.54, 1.807) is 24.5 Å². The predicted octanol–water partition coefficient (Wildman–Crippen LogP) is 2.68. The molecule has 3 rings (SSSR count). The molecule has 0 atom stereocenters. The SMILES string of the molecule is Cc1ccnc(-c2ccc(N)nc2-c2ccnc(N)c2)c1. The van der Waals surface area contributed by atoms with Crippen LogP contribution in [0.15, 0.2) is 48.8 Å². The Hall–Kier alpha value is -2.95. The Morgan fingerprint density at radius 2 is 1.67 bits per heavy atom. The zero-order valence-electron chi connectivity index (χ0n) is 11.6. The van der Waals surface area contributed by atoms with Crippen LogP contribution in [0.3, 0.4) is 0 Å². The molecule has 0 aromatic carbocycles. The van der Waals surface area contributed by atoms with Gasteiger partial charge in [0.15, 0.2) is 0 Å². The van der Waals surface area contributed by atoms with Gasteiger partial charge in [0, 0.05) is 23.5 Å². The first-order valence-electron chi connectivity index (χ1n) is 6.55. The smallest absolute Gasteiger partial charge is 0.124 e. The molecule has 0 saturated heterocycles. The second-order valence-corrected chi connectivity index (χ2v) is 4.82. The molecule has 5 nitrogen and oxygen atoms in total. The Morgan fingerprint density at radius 1 is 0.857 bits per heavy atom. The first-order valence-corrected chi connectivity index (χ1v) is 6.55. The molecule has 0 aliphatic heterocycles. The van der Waals surface area contributed by atoms with Crippen LogP contribution in [-0.4, -0.2) is 15.0 Å². The Morgan fingerprint density at radius 3 is 2.43 bits per heavy atom. The van der Waals surface area contributed by atoms with Gasteiger partial charge in [-0.15, -0.1) is 0 Å². The van der Waals surface area contributed by atoms with Crippen molar-refractivity contribution in [2.24, 2.45) is 0 Å². The number of aryl methyl sites for hydroxylation is 1. The molecular formula is C16H15N5. The Kier molecular flexibility index (Phi) is 3.23. The average Bonchev–Trinajstić information content (AvgIpc) is 2.47. The number of pyridine rings is 3. The van der Waals surface area contributed by atoms with E-state index in [4.69, 9.17) is 11.5 Å². The first kappa shape index (κ1) is 13.1. The number of hydrogen-bond acceptors (Lipinski definition) is 5. The predicted molar refractivity (Wildman–Crippen MR) is 84.3 cm³/mol. The molecule has 21 heavy (non-hydrogen) atoms. The van der Waals surface area contributed by atoms with Crippen molar-refractivity contribution in [2.75, 3.05) is 11.5 Å². The van der Waals surface area contributed by atoms with Crippen LogP contribution in [-0.2, 0) is 0 Å². The summed E-state index contributed by atoms with van der Waals surface area (Å²) in [6, 6.07) is 11.3. The number of nitrogens with two attached hydrogens (primary N) is 2. The highest BCUT2D eigenvalue weighted by Crippen LogP contribution is 2.30. The fraction of sp³-hybridized carbons (Fsp3) is 0.0625. The van der Waals surface area contributed by atoms with Gasteiger partial charge in [-0.25, -0.2) is 9.97 Å². The molecule has 3 aromatic rings. The van der Waals surface area contributed by atoms with Crippen molar-refractivity contribution in [3.63, 3.8) is 0 Å². The number of nitrogen functional groups attached to an aromatic ring is 2. The topological polar surface area (TPSA) is 90.7 Å².